The molecule has 2 rings (SSSR count). The Morgan fingerprint density at radius 2 is 2.21 bits per heavy atom. The molecule has 2 nitrogen and oxygen atoms in total. The molecule has 3 heteroatoms. The van der Waals surface area contributed by atoms with E-state index in [0.717, 1.165) is 17.0 Å². The van der Waals surface area contributed by atoms with E-state index in [-0.39, 0.29) is 6.04 Å². The molecule has 14 heavy (non-hydrogen) atoms. The van der Waals surface area contributed by atoms with Gasteiger partial charge in [-0.2, -0.15) is 11.3 Å². The van der Waals surface area contributed by atoms with Crippen LogP contribution in [0.3, 0.4) is 0 Å². The molecule has 0 aromatic carbocycles. The lowest BCUT2D eigenvalue weighted by Gasteiger charge is -2.05. The minimum atomic E-state index is -0.00594. The van der Waals surface area contributed by atoms with Gasteiger partial charge in [-0.1, -0.05) is 6.07 Å². The van der Waals surface area contributed by atoms with Crippen molar-refractivity contribution in [1.29, 1.82) is 0 Å². The van der Waals surface area contributed by atoms with Crippen molar-refractivity contribution in [2.45, 2.75) is 13.0 Å². The minimum Gasteiger partial charge on any atom is -0.323 e. The Bertz CT molecular complexity index is 407. The smallest absolute Gasteiger partial charge is 0.0714 e. The van der Waals surface area contributed by atoms with Crippen molar-refractivity contribution < 1.29 is 0 Å². The van der Waals surface area contributed by atoms with Gasteiger partial charge in [0, 0.05) is 17.0 Å². The lowest BCUT2D eigenvalue weighted by atomic mass is 10.1. The topological polar surface area (TPSA) is 38.9 Å². The monoisotopic (exact) mass is 204 g/mol. The molecule has 2 heterocycles. The van der Waals surface area contributed by atoms with E-state index in [1.54, 1.807) is 11.3 Å². The van der Waals surface area contributed by atoms with E-state index in [2.05, 4.69) is 21.8 Å². The predicted octanol–water partition coefficient (Wildman–Crippen LogP) is 2.83. The first-order valence-corrected chi connectivity index (χ1v) is 5.47. The average molecular weight is 204 g/mol. The molecule has 0 aliphatic carbocycles. The molecule has 0 fully saturated rings. The SMILES string of the molecule is C[C@@H](N)c1cccc(-c2ccsc2)n1. The van der Waals surface area contributed by atoms with Crippen LogP contribution in [-0.4, -0.2) is 4.98 Å². The molecular weight excluding hydrogens is 192 g/mol. The summed E-state index contributed by atoms with van der Waals surface area (Å²) in [7, 11) is 0. The van der Waals surface area contributed by atoms with Gasteiger partial charge in [0.25, 0.3) is 0 Å². The number of pyridine rings is 1. The Balaban J connectivity index is 2.41. The van der Waals surface area contributed by atoms with Gasteiger partial charge in [0.15, 0.2) is 0 Å². The van der Waals surface area contributed by atoms with Gasteiger partial charge in [-0.05, 0) is 30.5 Å². The summed E-state index contributed by atoms with van der Waals surface area (Å²) in [5.41, 5.74) is 8.88. The van der Waals surface area contributed by atoms with Crippen molar-refractivity contribution in [1.82, 2.24) is 4.98 Å². The van der Waals surface area contributed by atoms with Gasteiger partial charge >= 0.3 is 0 Å². The second-order valence-electron chi connectivity index (χ2n) is 3.25. The second kappa shape index (κ2) is 3.90. The molecule has 0 bridgehead atoms. The molecular formula is C11H12N2S. The summed E-state index contributed by atoms with van der Waals surface area (Å²) in [5.74, 6) is 0. The Labute approximate surface area is 87.4 Å². The zero-order valence-electron chi connectivity index (χ0n) is 7.97. The van der Waals surface area contributed by atoms with Crippen LogP contribution in [0, 0.1) is 0 Å². The summed E-state index contributed by atoms with van der Waals surface area (Å²) in [4.78, 5) is 4.50. The molecule has 2 aromatic heterocycles. The molecule has 0 amide bonds. The van der Waals surface area contributed by atoms with E-state index >= 15 is 0 Å². The minimum absolute atomic E-state index is 0.00594. The van der Waals surface area contributed by atoms with Gasteiger partial charge in [-0.25, -0.2) is 0 Å². The number of rotatable bonds is 2. The van der Waals surface area contributed by atoms with E-state index in [4.69, 9.17) is 5.73 Å². The number of hydrogen-bond donors (Lipinski definition) is 1. The highest BCUT2D eigenvalue weighted by atomic mass is 32.1. The first-order valence-electron chi connectivity index (χ1n) is 4.52. The standard InChI is InChI=1S/C11H12N2S/c1-8(12)10-3-2-4-11(13-10)9-5-6-14-7-9/h2-8H,12H2,1H3/t8-/m1/s1. The van der Waals surface area contributed by atoms with Gasteiger partial charge < -0.3 is 5.73 Å². The number of nitrogens with two attached hydrogens (primary N) is 1. The van der Waals surface area contributed by atoms with E-state index in [1.165, 1.54) is 0 Å². The summed E-state index contributed by atoms with van der Waals surface area (Å²) in [5, 5.41) is 4.14. The molecule has 0 spiro atoms. The van der Waals surface area contributed by atoms with Crippen molar-refractivity contribution in [2.75, 3.05) is 0 Å². The first-order chi connectivity index (χ1) is 6.77. The van der Waals surface area contributed by atoms with Crippen LogP contribution in [0.5, 0.6) is 0 Å². The highest BCUT2D eigenvalue weighted by Crippen LogP contribution is 2.21. The zero-order chi connectivity index (χ0) is 9.97. The number of nitrogens with zero attached hydrogens (tertiary/aromatic N) is 1. The third-order valence-corrected chi connectivity index (χ3v) is 2.74. The molecule has 2 aromatic rings. The van der Waals surface area contributed by atoms with Gasteiger partial charge in [-0.3, -0.25) is 4.98 Å². The fourth-order valence-electron chi connectivity index (χ4n) is 1.28. The fourth-order valence-corrected chi connectivity index (χ4v) is 1.93. The van der Waals surface area contributed by atoms with Crippen molar-refractivity contribution in [3.63, 3.8) is 0 Å². The second-order valence-corrected chi connectivity index (χ2v) is 4.03. The normalized spacial score (nSPS) is 12.7. The Kier molecular flexibility index (Phi) is 2.61. The largest absolute Gasteiger partial charge is 0.323 e. The molecule has 2 N–H and O–H groups in total. The summed E-state index contributed by atoms with van der Waals surface area (Å²) in [6, 6.07) is 8.03. The Hall–Kier alpha value is -1.19. The third-order valence-electron chi connectivity index (χ3n) is 2.05. The van der Waals surface area contributed by atoms with Crippen LogP contribution in [0.15, 0.2) is 35.0 Å². The highest BCUT2D eigenvalue weighted by Gasteiger charge is 2.03. The highest BCUT2D eigenvalue weighted by molar-refractivity contribution is 7.08. The quantitative estimate of drug-likeness (QED) is 0.817. The molecule has 1 atom stereocenters. The van der Waals surface area contributed by atoms with Crippen LogP contribution in [0.2, 0.25) is 0 Å². The molecule has 72 valence electrons. The van der Waals surface area contributed by atoms with Crippen LogP contribution < -0.4 is 5.73 Å². The molecule has 0 aliphatic heterocycles. The maximum atomic E-state index is 5.78. The van der Waals surface area contributed by atoms with Gasteiger partial charge in [0.05, 0.1) is 11.4 Å². The molecule has 0 aliphatic rings. The predicted molar refractivity (Wildman–Crippen MR) is 60.2 cm³/mol. The molecule has 0 radical (unpaired) electrons. The molecule has 0 saturated carbocycles. The summed E-state index contributed by atoms with van der Waals surface area (Å²) in [6.45, 7) is 1.94. The number of hydrogen-bond acceptors (Lipinski definition) is 3. The van der Waals surface area contributed by atoms with E-state index < -0.39 is 0 Å². The van der Waals surface area contributed by atoms with Crippen molar-refractivity contribution in [3.8, 4) is 11.3 Å². The third kappa shape index (κ3) is 1.84. The molecule has 0 saturated heterocycles. The van der Waals surface area contributed by atoms with Gasteiger partial charge in [-0.15, -0.1) is 0 Å². The lowest BCUT2D eigenvalue weighted by molar-refractivity contribution is 0.782. The Morgan fingerprint density at radius 1 is 1.36 bits per heavy atom. The number of thiophene rings is 1. The Morgan fingerprint density at radius 3 is 2.86 bits per heavy atom. The van der Waals surface area contributed by atoms with Crippen LogP contribution in [-0.2, 0) is 0 Å². The van der Waals surface area contributed by atoms with Crippen LogP contribution >= 0.6 is 11.3 Å². The fraction of sp³-hybridized carbons (Fsp3) is 0.182. The first kappa shape index (κ1) is 9.37. The van der Waals surface area contributed by atoms with Gasteiger partial charge in [0.1, 0.15) is 0 Å². The van der Waals surface area contributed by atoms with E-state index in [0.29, 0.717) is 0 Å². The van der Waals surface area contributed by atoms with Crippen molar-refractivity contribution in [3.05, 3.63) is 40.7 Å². The van der Waals surface area contributed by atoms with Crippen LogP contribution in [0.1, 0.15) is 18.7 Å². The van der Waals surface area contributed by atoms with Crippen molar-refractivity contribution >= 4 is 11.3 Å². The summed E-state index contributed by atoms with van der Waals surface area (Å²) in [6.07, 6.45) is 0. The molecule has 0 unspecified atom stereocenters. The maximum absolute atomic E-state index is 5.78. The maximum Gasteiger partial charge on any atom is 0.0714 e. The van der Waals surface area contributed by atoms with E-state index in [9.17, 15) is 0 Å². The van der Waals surface area contributed by atoms with Crippen LogP contribution in [0.25, 0.3) is 11.3 Å². The average Bonchev–Trinajstić information content (AvgIpc) is 2.71. The summed E-state index contributed by atoms with van der Waals surface area (Å²) < 4.78 is 0. The van der Waals surface area contributed by atoms with Crippen molar-refractivity contribution in [2.24, 2.45) is 5.73 Å². The van der Waals surface area contributed by atoms with Gasteiger partial charge in [0.2, 0.25) is 0 Å². The summed E-state index contributed by atoms with van der Waals surface area (Å²) >= 11 is 1.68. The number of aromatic nitrogens is 1. The zero-order valence-corrected chi connectivity index (χ0v) is 8.79. The van der Waals surface area contributed by atoms with E-state index in [1.807, 2.05) is 25.1 Å². The van der Waals surface area contributed by atoms with Crippen LogP contribution in [0.4, 0.5) is 0 Å². The lowest BCUT2D eigenvalue weighted by Crippen LogP contribution is -2.07.